The standard InChI is InChI=1S/C14H19N3OS/c1-12(11-18-2)16-14(19)17-15-10-6-9-13-7-4-3-5-8-13/h3-10,12H,11H2,1-2H3,(H2,16,17,19)/b9-6+,15-10-/t12-/m0/s1. The molecule has 0 bridgehead atoms. The zero-order valence-corrected chi connectivity index (χ0v) is 12.0. The molecule has 1 aromatic rings. The van der Waals surface area contributed by atoms with Gasteiger partial charge in [0.25, 0.3) is 0 Å². The molecule has 0 heterocycles. The quantitative estimate of drug-likeness (QED) is 0.475. The Labute approximate surface area is 119 Å². The largest absolute Gasteiger partial charge is 0.383 e. The van der Waals surface area contributed by atoms with Gasteiger partial charge in [0, 0.05) is 19.4 Å². The second-order valence-corrected chi connectivity index (χ2v) is 4.40. The van der Waals surface area contributed by atoms with Crippen LogP contribution in [0.25, 0.3) is 6.08 Å². The smallest absolute Gasteiger partial charge is 0.187 e. The number of methoxy groups -OCH3 is 1. The fourth-order valence-corrected chi connectivity index (χ4v) is 1.66. The van der Waals surface area contributed by atoms with Crippen LogP contribution in [0, 0.1) is 0 Å². The number of ether oxygens (including phenoxy) is 1. The summed E-state index contributed by atoms with van der Waals surface area (Å²) < 4.78 is 5.00. The summed E-state index contributed by atoms with van der Waals surface area (Å²) in [6, 6.07) is 10.2. The van der Waals surface area contributed by atoms with Crippen molar-refractivity contribution in [3.05, 3.63) is 42.0 Å². The number of hydrogen-bond acceptors (Lipinski definition) is 3. The van der Waals surface area contributed by atoms with Gasteiger partial charge >= 0.3 is 0 Å². The van der Waals surface area contributed by atoms with Crippen LogP contribution in [-0.2, 0) is 4.74 Å². The second kappa shape index (κ2) is 9.24. The first-order chi connectivity index (χ1) is 9.22. The monoisotopic (exact) mass is 277 g/mol. The van der Waals surface area contributed by atoms with E-state index in [9.17, 15) is 0 Å². The van der Waals surface area contributed by atoms with Crippen LogP contribution in [0.15, 0.2) is 41.5 Å². The van der Waals surface area contributed by atoms with E-state index >= 15 is 0 Å². The maximum Gasteiger partial charge on any atom is 0.187 e. The fraction of sp³-hybridized carbons (Fsp3) is 0.286. The molecule has 0 aliphatic heterocycles. The van der Waals surface area contributed by atoms with Gasteiger partial charge in [0.1, 0.15) is 0 Å². The number of allylic oxidation sites excluding steroid dienone is 1. The summed E-state index contributed by atoms with van der Waals surface area (Å²) in [6.07, 6.45) is 5.47. The van der Waals surface area contributed by atoms with Gasteiger partial charge in [0.15, 0.2) is 5.11 Å². The van der Waals surface area contributed by atoms with Gasteiger partial charge in [-0.2, -0.15) is 5.10 Å². The predicted octanol–water partition coefficient (Wildman–Crippen LogP) is 2.18. The molecule has 0 radical (unpaired) electrons. The molecule has 0 spiro atoms. The maximum atomic E-state index is 5.07. The lowest BCUT2D eigenvalue weighted by atomic mass is 10.2. The summed E-state index contributed by atoms with van der Waals surface area (Å²) >= 11 is 5.07. The van der Waals surface area contributed by atoms with Gasteiger partial charge in [0.2, 0.25) is 0 Å². The average Bonchev–Trinajstić information content (AvgIpc) is 2.39. The number of thiocarbonyl (C=S) groups is 1. The van der Waals surface area contributed by atoms with E-state index in [4.69, 9.17) is 17.0 Å². The third-order valence-corrected chi connectivity index (χ3v) is 2.42. The molecule has 1 atom stereocenters. The highest BCUT2D eigenvalue weighted by Crippen LogP contribution is 1.99. The highest BCUT2D eigenvalue weighted by Gasteiger charge is 2.01. The van der Waals surface area contributed by atoms with Gasteiger partial charge < -0.3 is 10.1 Å². The number of hydrazone groups is 1. The van der Waals surface area contributed by atoms with E-state index in [0.717, 1.165) is 5.56 Å². The first kappa shape index (κ1) is 15.3. The third-order valence-electron chi connectivity index (χ3n) is 2.21. The zero-order valence-electron chi connectivity index (χ0n) is 11.2. The van der Waals surface area contributed by atoms with Crippen molar-refractivity contribution >= 4 is 29.6 Å². The Morgan fingerprint density at radius 2 is 2.16 bits per heavy atom. The third kappa shape index (κ3) is 7.33. The lowest BCUT2D eigenvalue weighted by molar-refractivity contribution is 0.179. The molecule has 0 amide bonds. The van der Waals surface area contributed by atoms with Gasteiger partial charge in [-0.15, -0.1) is 0 Å². The lowest BCUT2D eigenvalue weighted by Gasteiger charge is -2.13. The van der Waals surface area contributed by atoms with Crippen molar-refractivity contribution in [3.8, 4) is 0 Å². The van der Waals surface area contributed by atoms with E-state index in [-0.39, 0.29) is 6.04 Å². The van der Waals surface area contributed by atoms with Crippen LogP contribution in [0.3, 0.4) is 0 Å². The Morgan fingerprint density at radius 1 is 1.42 bits per heavy atom. The first-order valence-corrected chi connectivity index (χ1v) is 6.43. The number of rotatable bonds is 6. The molecule has 2 N–H and O–H groups in total. The van der Waals surface area contributed by atoms with E-state index in [1.165, 1.54) is 0 Å². The molecule has 5 heteroatoms. The Kier molecular flexibility index (Phi) is 7.46. The Morgan fingerprint density at radius 3 is 2.84 bits per heavy atom. The molecule has 0 aliphatic rings. The molecule has 1 aromatic carbocycles. The van der Waals surface area contributed by atoms with Crippen molar-refractivity contribution in [1.82, 2.24) is 10.7 Å². The molecule has 0 aromatic heterocycles. The van der Waals surface area contributed by atoms with Crippen LogP contribution in [-0.4, -0.2) is 31.1 Å². The molecule has 0 saturated carbocycles. The summed E-state index contributed by atoms with van der Waals surface area (Å²) in [7, 11) is 1.65. The van der Waals surface area contributed by atoms with Crippen molar-refractivity contribution in [1.29, 1.82) is 0 Å². The lowest BCUT2D eigenvalue weighted by Crippen LogP contribution is -2.40. The maximum absolute atomic E-state index is 5.07. The van der Waals surface area contributed by atoms with Gasteiger partial charge in [-0.25, -0.2) is 0 Å². The van der Waals surface area contributed by atoms with Crippen molar-refractivity contribution in [2.45, 2.75) is 13.0 Å². The van der Waals surface area contributed by atoms with Crippen LogP contribution in [0.5, 0.6) is 0 Å². The van der Waals surface area contributed by atoms with Crippen molar-refractivity contribution in [2.75, 3.05) is 13.7 Å². The molecule has 1 rings (SSSR count). The van der Waals surface area contributed by atoms with Crippen LogP contribution >= 0.6 is 12.2 Å². The summed E-state index contributed by atoms with van der Waals surface area (Å²) in [5.74, 6) is 0. The van der Waals surface area contributed by atoms with Gasteiger partial charge in [0.05, 0.1) is 6.61 Å². The normalized spacial score (nSPS) is 12.7. The highest BCUT2D eigenvalue weighted by molar-refractivity contribution is 7.80. The summed E-state index contributed by atoms with van der Waals surface area (Å²) in [6.45, 7) is 2.58. The SMILES string of the molecule is COC[C@H](C)NC(=S)N/N=C\C=C\c1ccccc1. The molecular formula is C14H19N3OS. The summed E-state index contributed by atoms with van der Waals surface area (Å²) in [5.41, 5.74) is 3.87. The second-order valence-electron chi connectivity index (χ2n) is 3.99. The van der Waals surface area contributed by atoms with Gasteiger partial charge in [-0.1, -0.05) is 36.4 Å². The molecule has 0 aliphatic carbocycles. The minimum atomic E-state index is 0.153. The molecule has 4 nitrogen and oxygen atoms in total. The van der Waals surface area contributed by atoms with E-state index in [1.54, 1.807) is 13.3 Å². The molecule has 102 valence electrons. The summed E-state index contributed by atoms with van der Waals surface area (Å²) in [5, 5.41) is 7.52. The number of nitrogens with one attached hydrogen (secondary N) is 2. The molecule has 19 heavy (non-hydrogen) atoms. The molecular weight excluding hydrogens is 258 g/mol. The minimum absolute atomic E-state index is 0.153. The number of benzene rings is 1. The molecule has 0 fully saturated rings. The average molecular weight is 277 g/mol. The molecule has 0 saturated heterocycles. The van der Waals surface area contributed by atoms with Crippen LogP contribution < -0.4 is 10.7 Å². The van der Waals surface area contributed by atoms with E-state index in [1.807, 2.05) is 49.4 Å². The van der Waals surface area contributed by atoms with Crippen molar-refractivity contribution < 1.29 is 4.74 Å². The summed E-state index contributed by atoms with van der Waals surface area (Å²) in [4.78, 5) is 0. The zero-order chi connectivity index (χ0) is 13.9. The first-order valence-electron chi connectivity index (χ1n) is 6.02. The van der Waals surface area contributed by atoms with Crippen LogP contribution in [0.1, 0.15) is 12.5 Å². The van der Waals surface area contributed by atoms with Crippen molar-refractivity contribution in [3.63, 3.8) is 0 Å². The Hall–Kier alpha value is -1.72. The molecule has 0 unspecified atom stereocenters. The fourth-order valence-electron chi connectivity index (χ4n) is 1.40. The van der Waals surface area contributed by atoms with E-state index < -0.39 is 0 Å². The minimum Gasteiger partial charge on any atom is -0.383 e. The number of hydrogen-bond donors (Lipinski definition) is 2. The predicted molar refractivity (Wildman–Crippen MR) is 84.2 cm³/mol. The van der Waals surface area contributed by atoms with E-state index in [2.05, 4.69) is 15.8 Å². The van der Waals surface area contributed by atoms with E-state index in [0.29, 0.717) is 11.7 Å². The number of nitrogens with zero attached hydrogens (tertiary/aromatic N) is 1. The highest BCUT2D eigenvalue weighted by atomic mass is 32.1. The van der Waals surface area contributed by atoms with Crippen LogP contribution in [0.4, 0.5) is 0 Å². The Bertz CT molecular complexity index is 432. The topological polar surface area (TPSA) is 45.6 Å². The van der Waals surface area contributed by atoms with Gasteiger partial charge in [-0.05, 0) is 30.8 Å². The Balaban J connectivity index is 2.27. The van der Waals surface area contributed by atoms with Gasteiger partial charge in [-0.3, -0.25) is 5.43 Å². The van der Waals surface area contributed by atoms with Crippen LogP contribution in [0.2, 0.25) is 0 Å². The van der Waals surface area contributed by atoms with Crippen molar-refractivity contribution in [2.24, 2.45) is 5.10 Å².